The van der Waals surface area contributed by atoms with Crippen LogP contribution < -0.4 is 5.32 Å². The molecule has 2 fully saturated rings. The van der Waals surface area contributed by atoms with E-state index in [9.17, 15) is 0 Å². The number of nitrogens with zero attached hydrogens (tertiary/aromatic N) is 2. The second kappa shape index (κ2) is 6.37. The van der Waals surface area contributed by atoms with Crippen molar-refractivity contribution in [3.63, 3.8) is 0 Å². The molecule has 0 radical (unpaired) electrons. The summed E-state index contributed by atoms with van der Waals surface area (Å²) in [5.74, 6) is 0. The lowest BCUT2D eigenvalue weighted by Gasteiger charge is -2.43. The molecular formula is C14H25N3. The van der Waals surface area contributed by atoms with Gasteiger partial charge in [-0.3, -0.25) is 4.90 Å². The Bertz CT molecular complexity index is 263. The topological polar surface area (TPSA) is 39.1 Å². The summed E-state index contributed by atoms with van der Waals surface area (Å²) < 4.78 is 0. The molecule has 3 nitrogen and oxygen atoms in total. The molecule has 96 valence electrons. The highest BCUT2D eigenvalue weighted by Crippen LogP contribution is 2.25. The van der Waals surface area contributed by atoms with E-state index in [2.05, 4.69) is 23.2 Å². The van der Waals surface area contributed by atoms with Crippen LogP contribution in [-0.4, -0.2) is 36.1 Å². The maximum atomic E-state index is 8.82. The molecule has 2 aliphatic rings. The Hall–Kier alpha value is -0.590. The number of hydrogen-bond acceptors (Lipinski definition) is 3. The molecule has 0 aromatic heterocycles. The molecule has 17 heavy (non-hydrogen) atoms. The van der Waals surface area contributed by atoms with Gasteiger partial charge in [0.2, 0.25) is 0 Å². The molecule has 2 unspecified atom stereocenters. The lowest BCUT2D eigenvalue weighted by atomic mass is 10.0. The first-order valence-corrected chi connectivity index (χ1v) is 7.17. The number of nitrogens with one attached hydrogen (secondary N) is 1. The molecule has 1 aliphatic heterocycles. The maximum Gasteiger partial charge on any atom is 0.0638 e. The van der Waals surface area contributed by atoms with Crippen LogP contribution in [0.5, 0.6) is 0 Å². The Kier molecular flexibility index (Phi) is 4.82. The quantitative estimate of drug-likeness (QED) is 0.746. The summed E-state index contributed by atoms with van der Waals surface area (Å²) in [5, 5.41) is 12.3. The van der Waals surface area contributed by atoms with E-state index < -0.39 is 0 Å². The zero-order valence-corrected chi connectivity index (χ0v) is 11.0. The van der Waals surface area contributed by atoms with Crippen molar-refractivity contribution in [3.8, 4) is 6.07 Å². The van der Waals surface area contributed by atoms with E-state index in [0.29, 0.717) is 18.5 Å². The summed E-state index contributed by atoms with van der Waals surface area (Å²) in [6.45, 7) is 4.43. The molecule has 2 atom stereocenters. The minimum atomic E-state index is 0.388. The predicted octanol–water partition coefficient (Wildman–Crippen LogP) is 2.29. The summed E-state index contributed by atoms with van der Waals surface area (Å²) in [5.41, 5.74) is 0. The minimum absolute atomic E-state index is 0.388. The maximum absolute atomic E-state index is 8.82. The van der Waals surface area contributed by atoms with Crippen molar-refractivity contribution in [1.82, 2.24) is 10.2 Å². The third-order valence-electron chi connectivity index (χ3n) is 4.33. The molecule has 1 N–H and O–H groups in total. The van der Waals surface area contributed by atoms with E-state index in [0.717, 1.165) is 19.1 Å². The largest absolute Gasteiger partial charge is 0.310 e. The third-order valence-corrected chi connectivity index (χ3v) is 4.33. The zero-order valence-electron chi connectivity index (χ0n) is 11.0. The normalized spacial score (nSPS) is 32.9. The van der Waals surface area contributed by atoms with Gasteiger partial charge in [-0.15, -0.1) is 0 Å². The molecule has 1 heterocycles. The van der Waals surface area contributed by atoms with Gasteiger partial charge < -0.3 is 5.32 Å². The highest BCUT2D eigenvalue weighted by molar-refractivity contribution is 4.92. The van der Waals surface area contributed by atoms with Crippen molar-refractivity contribution in [2.75, 3.05) is 13.1 Å². The van der Waals surface area contributed by atoms with Gasteiger partial charge in [0, 0.05) is 31.2 Å². The molecule has 0 aromatic carbocycles. The van der Waals surface area contributed by atoms with Crippen LogP contribution in [0.4, 0.5) is 0 Å². The van der Waals surface area contributed by atoms with Crippen molar-refractivity contribution in [2.45, 2.75) is 70.0 Å². The minimum Gasteiger partial charge on any atom is -0.310 e. The second-order valence-corrected chi connectivity index (χ2v) is 5.66. The molecule has 0 bridgehead atoms. The summed E-state index contributed by atoms with van der Waals surface area (Å²) >= 11 is 0. The highest BCUT2D eigenvalue weighted by atomic mass is 15.2. The van der Waals surface area contributed by atoms with Gasteiger partial charge in [-0.05, 0) is 19.8 Å². The molecule has 1 saturated carbocycles. The molecule has 1 aliphatic carbocycles. The third kappa shape index (κ3) is 3.43. The number of nitriles is 1. The van der Waals surface area contributed by atoms with Crippen molar-refractivity contribution >= 4 is 0 Å². The first kappa shape index (κ1) is 12.9. The Labute approximate surface area is 105 Å². The fourth-order valence-electron chi connectivity index (χ4n) is 3.30. The average molecular weight is 235 g/mol. The SMILES string of the molecule is CC1CNC(CC#N)CN1C1CCCCCC1. The van der Waals surface area contributed by atoms with Crippen LogP contribution in [0, 0.1) is 11.3 Å². The summed E-state index contributed by atoms with van der Waals surface area (Å²) in [6.07, 6.45) is 8.99. The van der Waals surface area contributed by atoms with E-state index in [1.807, 2.05) is 0 Å². The molecule has 0 amide bonds. The van der Waals surface area contributed by atoms with Crippen LogP contribution in [-0.2, 0) is 0 Å². The molecule has 2 rings (SSSR count). The van der Waals surface area contributed by atoms with Crippen LogP contribution in [0.1, 0.15) is 51.9 Å². The summed E-state index contributed by atoms with van der Waals surface area (Å²) in [4.78, 5) is 2.67. The monoisotopic (exact) mass is 235 g/mol. The fourth-order valence-corrected chi connectivity index (χ4v) is 3.30. The van der Waals surface area contributed by atoms with E-state index in [1.165, 1.54) is 38.5 Å². The van der Waals surface area contributed by atoms with Gasteiger partial charge in [-0.2, -0.15) is 5.26 Å². The Morgan fingerprint density at radius 1 is 1.24 bits per heavy atom. The molecule has 3 heteroatoms. The molecule has 0 spiro atoms. The van der Waals surface area contributed by atoms with Gasteiger partial charge in [0.15, 0.2) is 0 Å². The number of piperazine rings is 1. The van der Waals surface area contributed by atoms with Gasteiger partial charge in [-0.1, -0.05) is 25.7 Å². The lowest BCUT2D eigenvalue weighted by Crippen LogP contribution is -2.58. The summed E-state index contributed by atoms with van der Waals surface area (Å²) in [6, 6.07) is 4.09. The van der Waals surface area contributed by atoms with Crippen LogP contribution in [0.2, 0.25) is 0 Å². The summed E-state index contributed by atoms with van der Waals surface area (Å²) in [7, 11) is 0. The van der Waals surface area contributed by atoms with Gasteiger partial charge in [0.1, 0.15) is 0 Å². The standard InChI is InChI=1S/C14H25N3/c1-12-10-16-13(8-9-15)11-17(12)14-6-4-2-3-5-7-14/h12-14,16H,2-8,10-11H2,1H3. The van der Waals surface area contributed by atoms with E-state index >= 15 is 0 Å². The smallest absolute Gasteiger partial charge is 0.0638 e. The highest BCUT2D eigenvalue weighted by Gasteiger charge is 2.30. The van der Waals surface area contributed by atoms with Gasteiger partial charge in [0.25, 0.3) is 0 Å². The van der Waals surface area contributed by atoms with E-state index in [1.54, 1.807) is 0 Å². The van der Waals surface area contributed by atoms with Crippen molar-refractivity contribution < 1.29 is 0 Å². The molecule has 0 aromatic rings. The number of hydrogen-bond donors (Lipinski definition) is 1. The van der Waals surface area contributed by atoms with Crippen LogP contribution in [0.3, 0.4) is 0 Å². The van der Waals surface area contributed by atoms with E-state index in [4.69, 9.17) is 5.26 Å². The van der Waals surface area contributed by atoms with Gasteiger partial charge in [0.05, 0.1) is 12.5 Å². The Morgan fingerprint density at radius 3 is 2.59 bits per heavy atom. The Morgan fingerprint density at radius 2 is 1.94 bits per heavy atom. The first-order valence-electron chi connectivity index (χ1n) is 7.17. The van der Waals surface area contributed by atoms with Crippen LogP contribution >= 0.6 is 0 Å². The number of rotatable bonds is 2. The second-order valence-electron chi connectivity index (χ2n) is 5.66. The molecule has 1 saturated heterocycles. The van der Waals surface area contributed by atoms with Crippen molar-refractivity contribution in [3.05, 3.63) is 0 Å². The van der Waals surface area contributed by atoms with Gasteiger partial charge >= 0.3 is 0 Å². The average Bonchev–Trinajstić information content (AvgIpc) is 2.60. The van der Waals surface area contributed by atoms with Crippen LogP contribution in [0.15, 0.2) is 0 Å². The molecular weight excluding hydrogens is 210 g/mol. The Balaban J connectivity index is 1.93. The van der Waals surface area contributed by atoms with E-state index in [-0.39, 0.29) is 0 Å². The van der Waals surface area contributed by atoms with Crippen LogP contribution in [0.25, 0.3) is 0 Å². The van der Waals surface area contributed by atoms with Gasteiger partial charge in [-0.25, -0.2) is 0 Å². The lowest BCUT2D eigenvalue weighted by molar-refractivity contribution is 0.0830. The first-order chi connectivity index (χ1) is 8.31. The predicted molar refractivity (Wildman–Crippen MR) is 69.7 cm³/mol. The fraction of sp³-hybridized carbons (Fsp3) is 0.929. The zero-order chi connectivity index (χ0) is 12.1. The van der Waals surface area contributed by atoms with Crippen molar-refractivity contribution in [2.24, 2.45) is 0 Å². The van der Waals surface area contributed by atoms with Crippen molar-refractivity contribution in [1.29, 1.82) is 5.26 Å².